The fourth-order valence-corrected chi connectivity index (χ4v) is 2.42. The summed E-state index contributed by atoms with van der Waals surface area (Å²) in [6, 6.07) is 17.0. The molecular weight excluding hydrogens is 254 g/mol. The van der Waals surface area contributed by atoms with Crippen LogP contribution in [-0.2, 0) is 6.42 Å². The minimum atomic E-state index is 0.492. The third kappa shape index (κ3) is 4.09. The van der Waals surface area contributed by atoms with Crippen molar-refractivity contribution in [3.8, 4) is 0 Å². The van der Waals surface area contributed by atoms with Crippen LogP contribution in [0.5, 0.6) is 0 Å². The first-order valence-electron chi connectivity index (χ1n) is 6.64. The van der Waals surface area contributed by atoms with Crippen molar-refractivity contribution in [3.63, 3.8) is 0 Å². The Balaban J connectivity index is 2.15. The lowest BCUT2D eigenvalue weighted by Crippen LogP contribution is -2.19. The maximum atomic E-state index is 5.93. The van der Waals surface area contributed by atoms with E-state index in [9.17, 15) is 0 Å². The predicted octanol–water partition coefficient (Wildman–Crippen LogP) is 4.19. The molecule has 0 aromatic heterocycles. The lowest BCUT2D eigenvalue weighted by molar-refractivity contribution is 0.625. The summed E-state index contributed by atoms with van der Waals surface area (Å²) < 4.78 is 0. The summed E-state index contributed by atoms with van der Waals surface area (Å²) in [5.74, 6) is 0.492. The van der Waals surface area contributed by atoms with Gasteiger partial charge in [0.25, 0.3) is 0 Å². The SMILES string of the molecule is CNCC(Cc1ccc(Cl)cc1)c1ccc(C)cc1. The highest BCUT2D eigenvalue weighted by Gasteiger charge is 2.11. The van der Waals surface area contributed by atoms with Crippen LogP contribution in [0.25, 0.3) is 0 Å². The van der Waals surface area contributed by atoms with Crippen LogP contribution in [0.4, 0.5) is 0 Å². The van der Waals surface area contributed by atoms with Crippen LogP contribution >= 0.6 is 11.6 Å². The molecule has 1 nitrogen and oxygen atoms in total. The van der Waals surface area contributed by atoms with Crippen molar-refractivity contribution < 1.29 is 0 Å². The zero-order chi connectivity index (χ0) is 13.7. The normalized spacial score (nSPS) is 12.4. The molecule has 0 aliphatic rings. The molecule has 19 heavy (non-hydrogen) atoms. The molecule has 2 heteroatoms. The monoisotopic (exact) mass is 273 g/mol. The number of nitrogens with one attached hydrogen (secondary N) is 1. The molecule has 0 heterocycles. The zero-order valence-electron chi connectivity index (χ0n) is 11.5. The van der Waals surface area contributed by atoms with E-state index < -0.39 is 0 Å². The van der Waals surface area contributed by atoms with Crippen LogP contribution in [-0.4, -0.2) is 13.6 Å². The molecular formula is C17H20ClN. The molecule has 0 saturated carbocycles. The van der Waals surface area contributed by atoms with E-state index in [1.165, 1.54) is 16.7 Å². The van der Waals surface area contributed by atoms with E-state index in [1.807, 2.05) is 19.2 Å². The number of likely N-dealkylation sites (N-methyl/N-ethyl adjacent to an activating group) is 1. The molecule has 1 unspecified atom stereocenters. The Kier molecular flexibility index (Phi) is 5.00. The molecule has 1 N–H and O–H groups in total. The number of benzene rings is 2. The van der Waals surface area contributed by atoms with Gasteiger partial charge in [0.2, 0.25) is 0 Å². The molecule has 2 rings (SSSR count). The molecule has 0 radical (unpaired) electrons. The number of hydrogen-bond donors (Lipinski definition) is 1. The van der Waals surface area contributed by atoms with Gasteiger partial charge in [-0.1, -0.05) is 53.6 Å². The average molecular weight is 274 g/mol. The van der Waals surface area contributed by atoms with Crippen LogP contribution in [0.3, 0.4) is 0 Å². The average Bonchev–Trinajstić information content (AvgIpc) is 2.42. The van der Waals surface area contributed by atoms with Crippen molar-refractivity contribution in [1.82, 2.24) is 5.32 Å². The Morgan fingerprint density at radius 3 is 2.21 bits per heavy atom. The van der Waals surface area contributed by atoms with Crippen molar-refractivity contribution in [3.05, 3.63) is 70.2 Å². The van der Waals surface area contributed by atoms with Crippen molar-refractivity contribution >= 4 is 11.6 Å². The summed E-state index contributed by atoms with van der Waals surface area (Å²) in [5.41, 5.74) is 4.01. The maximum absolute atomic E-state index is 5.93. The molecule has 0 aliphatic carbocycles. The first kappa shape index (κ1) is 14.1. The lowest BCUT2D eigenvalue weighted by Gasteiger charge is -2.17. The fourth-order valence-electron chi connectivity index (χ4n) is 2.30. The minimum absolute atomic E-state index is 0.492. The van der Waals surface area contributed by atoms with Gasteiger partial charge < -0.3 is 5.32 Å². The summed E-state index contributed by atoms with van der Waals surface area (Å²) in [7, 11) is 2.00. The largest absolute Gasteiger partial charge is 0.319 e. The maximum Gasteiger partial charge on any atom is 0.0406 e. The molecule has 0 saturated heterocycles. The van der Waals surface area contributed by atoms with Gasteiger partial charge in [-0.15, -0.1) is 0 Å². The van der Waals surface area contributed by atoms with E-state index in [0.717, 1.165) is 18.0 Å². The molecule has 2 aromatic rings. The number of hydrogen-bond acceptors (Lipinski definition) is 1. The highest BCUT2D eigenvalue weighted by atomic mass is 35.5. The predicted molar refractivity (Wildman–Crippen MR) is 83.0 cm³/mol. The van der Waals surface area contributed by atoms with Gasteiger partial charge >= 0.3 is 0 Å². The number of aryl methyl sites for hydroxylation is 1. The third-order valence-electron chi connectivity index (χ3n) is 3.39. The molecule has 0 fully saturated rings. The summed E-state index contributed by atoms with van der Waals surface area (Å²) in [4.78, 5) is 0. The van der Waals surface area contributed by atoms with Gasteiger partial charge in [0.1, 0.15) is 0 Å². The Hall–Kier alpha value is -1.31. The Labute approximate surface area is 120 Å². The summed E-state index contributed by atoms with van der Waals surface area (Å²) in [5, 5.41) is 4.08. The van der Waals surface area contributed by atoms with Gasteiger partial charge in [-0.25, -0.2) is 0 Å². The molecule has 1 atom stereocenters. The van der Waals surface area contributed by atoms with Gasteiger partial charge in [0, 0.05) is 17.5 Å². The van der Waals surface area contributed by atoms with Crippen molar-refractivity contribution in [2.45, 2.75) is 19.3 Å². The Morgan fingerprint density at radius 2 is 1.63 bits per heavy atom. The Bertz CT molecular complexity index is 502. The fraction of sp³-hybridized carbons (Fsp3) is 0.294. The molecule has 0 amide bonds. The first-order valence-corrected chi connectivity index (χ1v) is 7.02. The molecule has 2 aromatic carbocycles. The van der Waals surface area contributed by atoms with Crippen LogP contribution in [0.15, 0.2) is 48.5 Å². The first-order chi connectivity index (χ1) is 9.19. The van der Waals surface area contributed by atoms with E-state index >= 15 is 0 Å². The lowest BCUT2D eigenvalue weighted by atomic mass is 9.91. The molecule has 0 bridgehead atoms. The highest BCUT2D eigenvalue weighted by Crippen LogP contribution is 2.22. The summed E-state index contributed by atoms with van der Waals surface area (Å²) in [6.07, 6.45) is 1.03. The second kappa shape index (κ2) is 6.74. The number of halogens is 1. The van der Waals surface area contributed by atoms with Gasteiger partial charge in [-0.2, -0.15) is 0 Å². The molecule has 0 spiro atoms. The second-order valence-corrected chi connectivity index (χ2v) is 5.43. The van der Waals surface area contributed by atoms with Gasteiger partial charge in [0.15, 0.2) is 0 Å². The molecule has 0 aliphatic heterocycles. The quantitative estimate of drug-likeness (QED) is 0.861. The zero-order valence-corrected chi connectivity index (χ0v) is 12.2. The van der Waals surface area contributed by atoms with Crippen molar-refractivity contribution in [2.75, 3.05) is 13.6 Å². The second-order valence-electron chi connectivity index (χ2n) is 5.00. The number of rotatable bonds is 5. The van der Waals surface area contributed by atoms with E-state index in [1.54, 1.807) is 0 Å². The van der Waals surface area contributed by atoms with Gasteiger partial charge in [-0.05, 0) is 43.7 Å². The highest BCUT2D eigenvalue weighted by molar-refractivity contribution is 6.30. The van der Waals surface area contributed by atoms with Gasteiger partial charge in [0.05, 0.1) is 0 Å². The standard InChI is InChI=1S/C17H20ClN/c1-13-3-7-15(8-4-13)16(12-19-2)11-14-5-9-17(18)10-6-14/h3-10,16,19H,11-12H2,1-2H3. The Morgan fingerprint density at radius 1 is 1.00 bits per heavy atom. The topological polar surface area (TPSA) is 12.0 Å². The third-order valence-corrected chi connectivity index (χ3v) is 3.65. The van der Waals surface area contributed by atoms with Crippen LogP contribution in [0, 0.1) is 6.92 Å². The summed E-state index contributed by atoms with van der Waals surface area (Å²) in [6.45, 7) is 3.10. The van der Waals surface area contributed by atoms with Crippen molar-refractivity contribution in [1.29, 1.82) is 0 Å². The summed E-state index contributed by atoms with van der Waals surface area (Å²) >= 11 is 5.93. The van der Waals surface area contributed by atoms with Crippen molar-refractivity contribution in [2.24, 2.45) is 0 Å². The van der Waals surface area contributed by atoms with Gasteiger partial charge in [-0.3, -0.25) is 0 Å². The smallest absolute Gasteiger partial charge is 0.0406 e. The minimum Gasteiger partial charge on any atom is -0.319 e. The van der Waals surface area contributed by atoms with E-state index in [4.69, 9.17) is 11.6 Å². The van der Waals surface area contributed by atoms with Crippen LogP contribution in [0.2, 0.25) is 5.02 Å². The van der Waals surface area contributed by atoms with Crippen LogP contribution in [0.1, 0.15) is 22.6 Å². The molecule has 100 valence electrons. The van der Waals surface area contributed by atoms with Crippen LogP contribution < -0.4 is 5.32 Å². The van der Waals surface area contributed by atoms with E-state index in [0.29, 0.717) is 5.92 Å². The van der Waals surface area contributed by atoms with E-state index in [-0.39, 0.29) is 0 Å². The van der Waals surface area contributed by atoms with E-state index in [2.05, 4.69) is 48.6 Å².